The average Bonchev–Trinajstić information content (AvgIpc) is 2.78. The number of rotatable bonds is 2. The molecule has 6 heteroatoms. The number of likely N-dealkylation sites (tertiary alicyclic amines) is 1. The zero-order chi connectivity index (χ0) is 11.5. The Labute approximate surface area is 91.9 Å². The molecule has 1 saturated heterocycles. The van der Waals surface area contributed by atoms with Crippen molar-refractivity contribution in [1.29, 1.82) is 0 Å². The molecule has 1 aromatic heterocycles. The Kier molecular flexibility index (Phi) is 2.80. The summed E-state index contributed by atoms with van der Waals surface area (Å²) < 4.78 is 0. The Morgan fingerprint density at radius 3 is 2.94 bits per heavy atom. The number of hydrogen-bond acceptors (Lipinski definition) is 4. The highest BCUT2D eigenvalue weighted by molar-refractivity contribution is 5.95. The van der Waals surface area contributed by atoms with Crippen molar-refractivity contribution in [3.8, 4) is 0 Å². The molecule has 16 heavy (non-hydrogen) atoms. The molecule has 0 aliphatic carbocycles. The third-order valence-corrected chi connectivity index (χ3v) is 2.59. The number of nitrogens with zero attached hydrogens (tertiary/aromatic N) is 3. The fourth-order valence-electron chi connectivity index (χ4n) is 1.83. The monoisotopic (exact) mass is 221 g/mol. The molecule has 1 aromatic rings. The van der Waals surface area contributed by atoms with E-state index in [2.05, 4.69) is 10.2 Å². The van der Waals surface area contributed by atoms with Crippen molar-refractivity contribution in [2.24, 2.45) is 0 Å². The third-order valence-electron chi connectivity index (χ3n) is 2.59. The maximum atomic E-state index is 11.9. The van der Waals surface area contributed by atoms with Gasteiger partial charge in [0.15, 0.2) is 5.69 Å². The van der Waals surface area contributed by atoms with Crippen LogP contribution < -0.4 is 0 Å². The molecule has 0 saturated carbocycles. The smallest absolute Gasteiger partial charge is 0.326 e. The highest BCUT2D eigenvalue weighted by Gasteiger charge is 2.34. The molecule has 0 radical (unpaired) electrons. The number of carboxylic acids is 1. The maximum absolute atomic E-state index is 11.9. The van der Waals surface area contributed by atoms with Gasteiger partial charge in [-0.2, -0.15) is 5.10 Å². The van der Waals surface area contributed by atoms with E-state index in [-0.39, 0.29) is 11.6 Å². The van der Waals surface area contributed by atoms with Crippen molar-refractivity contribution >= 4 is 11.9 Å². The Bertz CT molecular complexity index is 407. The summed E-state index contributed by atoms with van der Waals surface area (Å²) in [6.07, 6.45) is 2.68. The Morgan fingerprint density at radius 2 is 2.31 bits per heavy atom. The molecule has 0 aromatic carbocycles. The number of aromatic nitrogens is 2. The molecule has 2 heterocycles. The quantitative estimate of drug-likeness (QED) is 0.769. The van der Waals surface area contributed by atoms with E-state index in [9.17, 15) is 9.59 Å². The lowest BCUT2D eigenvalue weighted by Crippen LogP contribution is -2.40. The van der Waals surface area contributed by atoms with Crippen molar-refractivity contribution in [3.05, 3.63) is 24.0 Å². The van der Waals surface area contributed by atoms with Crippen LogP contribution in [-0.2, 0) is 4.79 Å². The highest BCUT2D eigenvalue weighted by Crippen LogP contribution is 2.19. The predicted octanol–water partition coefficient (Wildman–Crippen LogP) is 0.166. The van der Waals surface area contributed by atoms with Gasteiger partial charge in [-0.1, -0.05) is 0 Å². The van der Waals surface area contributed by atoms with E-state index in [1.165, 1.54) is 17.2 Å². The summed E-state index contributed by atoms with van der Waals surface area (Å²) in [5.41, 5.74) is 0.190. The predicted molar refractivity (Wildman–Crippen MR) is 53.7 cm³/mol. The summed E-state index contributed by atoms with van der Waals surface area (Å²) in [4.78, 5) is 24.2. The molecular formula is C10H11N3O3. The molecule has 1 aliphatic rings. The third kappa shape index (κ3) is 1.86. The lowest BCUT2D eigenvalue weighted by molar-refractivity contribution is -0.141. The van der Waals surface area contributed by atoms with E-state index in [1.807, 2.05) is 0 Å². The summed E-state index contributed by atoms with van der Waals surface area (Å²) in [6.45, 7) is 0.465. The van der Waals surface area contributed by atoms with Crippen LogP contribution in [0.1, 0.15) is 23.3 Å². The van der Waals surface area contributed by atoms with Gasteiger partial charge in [-0.3, -0.25) is 4.79 Å². The van der Waals surface area contributed by atoms with Crippen LogP contribution >= 0.6 is 0 Å². The van der Waals surface area contributed by atoms with Crippen molar-refractivity contribution in [2.75, 3.05) is 6.54 Å². The van der Waals surface area contributed by atoms with E-state index in [0.717, 1.165) is 0 Å². The number of hydrogen-bond donors (Lipinski definition) is 1. The molecule has 84 valence electrons. The molecule has 0 unspecified atom stereocenters. The Balaban J connectivity index is 2.19. The minimum Gasteiger partial charge on any atom is -0.480 e. The number of carboxylic acid groups (broad SMARTS) is 1. The number of aliphatic carboxylic acids is 1. The summed E-state index contributed by atoms with van der Waals surface area (Å²) in [7, 11) is 0. The number of amides is 1. The van der Waals surface area contributed by atoms with E-state index >= 15 is 0 Å². The van der Waals surface area contributed by atoms with Crippen LogP contribution in [0.3, 0.4) is 0 Å². The van der Waals surface area contributed by atoms with Crippen LogP contribution in [0.4, 0.5) is 0 Å². The maximum Gasteiger partial charge on any atom is 0.326 e. The van der Waals surface area contributed by atoms with Crippen molar-refractivity contribution in [2.45, 2.75) is 18.9 Å². The van der Waals surface area contributed by atoms with Gasteiger partial charge in [0, 0.05) is 12.7 Å². The zero-order valence-corrected chi connectivity index (χ0v) is 8.54. The first-order chi connectivity index (χ1) is 7.70. The van der Waals surface area contributed by atoms with Crippen molar-refractivity contribution < 1.29 is 14.7 Å². The normalized spacial score (nSPS) is 19.8. The second-order valence-electron chi connectivity index (χ2n) is 3.60. The second kappa shape index (κ2) is 4.26. The first-order valence-electron chi connectivity index (χ1n) is 5.01. The van der Waals surface area contributed by atoms with E-state index in [0.29, 0.717) is 19.4 Å². The molecule has 0 bridgehead atoms. The lowest BCUT2D eigenvalue weighted by Gasteiger charge is -2.20. The van der Waals surface area contributed by atoms with Gasteiger partial charge < -0.3 is 10.0 Å². The van der Waals surface area contributed by atoms with Crippen LogP contribution in [0.15, 0.2) is 18.3 Å². The highest BCUT2D eigenvalue weighted by atomic mass is 16.4. The first kappa shape index (κ1) is 10.5. The van der Waals surface area contributed by atoms with Gasteiger partial charge in [0.25, 0.3) is 5.91 Å². The second-order valence-corrected chi connectivity index (χ2v) is 3.60. The summed E-state index contributed by atoms with van der Waals surface area (Å²) >= 11 is 0. The number of carbonyl (C=O) groups is 2. The molecule has 0 spiro atoms. The first-order valence-corrected chi connectivity index (χ1v) is 5.01. The zero-order valence-electron chi connectivity index (χ0n) is 8.54. The molecule has 1 atom stereocenters. The Hall–Kier alpha value is -1.98. The van der Waals surface area contributed by atoms with E-state index in [1.54, 1.807) is 6.07 Å². The van der Waals surface area contributed by atoms with Gasteiger partial charge in [0.05, 0.1) is 0 Å². The van der Waals surface area contributed by atoms with Crippen molar-refractivity contribution in [3.63, 3.8) is 0 Å². The van der Waals surface area contributed by atoms with E-state index < -0.39 is 12.0 Å². The number of carbonyl (C=O) groups excluding carboxylic acids is 1. The molecular weight excluding hydrogens is 210 g/mol. The van der Waals surface area contributed by atoms with Crippen molar-refractivity contribution in [1.82, 2.24) is 15.1 Å². The van der Waals surface area contributed by atoms with Crippen LogP contribution in [0.25, 0.3) is 0 Å². The van der Waals surface area contributed by atoms with Gasteiger partial charge in [0.2, 0.25) is 0 Å². The van der Waals surface area contributed by atoms with Gasteiger partial charge in [0.1, 0.15) is 6.04 Å². The fourth-order valence-corrected chi connectivity index (χ4v) is 1.83. The van der Waals surface area contributed by atoms with Crippen LogP contribution in [0, 0.1) is 0 Å². The average molecular weight is 221 g/mol. The SMILES string of the molecule is O=C(O)[C@@H]1CCCN1C(=O)c1cccnn1. The summed E-state index contributed by atoms with van der Waals surface area (Å²) in [5, 5.41) is 16.2. The molecule has 1 amide bonds. The topological polar surface area (TPSA) is 83.4 Å². The van der Waals surface area contributed by atoms with Crippen LogP contribution in [-0.4, -0.2) is 44.7 Å². The molecule has 1 aliphatic heterocycles. The minimum atomic E-state index is -0.963. The molecule has 6 nitrogen and oxygen atoms in total. The standard InChI is InChI=1S/C10H11N3O3/c14-9(7-3-1-5-11-12-7)13-6-2-4-8(13)10(15)16/h1,3,5,8H,2,4,6H2,(H,15,16)/t8-/m0/s1. The molecule has 2 rings (SSSR count). The van der Waals surface area contributed by atoms with Gasteiger partial charge in [-0.15, -0.1) is 5.10 Å². The van der Waals surface area contributed by atoms with Crippen LogP contribution in [0.5, 0.6) is 0 Å². The molecule has 1 N–H and O–H groups in total. The largest absolute Gasteiger partial charge is 0.480 e. The van der Waals surface area contributed by atoms with Gasteiger partial charge in [-0.05, 0) is 25.0 Å². The minimum absolute atomic E-state index is 0.190. The van der Waals surface area contributed by atoms with E-state index in [4.69, 9.17) is 5.11 Å². The molecule has 1 fully saturated rings. The van der Waals surface area contributed by atoms with Gasteiger partial charge >= 0.3 is 5.97 Å². The van der Waals surface area contributed by atoms with Crippen LogP contribution in [0.2, 0.25) is 0 Å². The summed E-state index contributed by atoms with van der Waals surface area (Å²) in [5.74, 6) is -1.33. The summed E-state index contributed by atoms with van der Waals surface area (Å²) in [6, 6.07) is 2.41. The van der Waals surface area contributed by atoms with Gasteiger partial charge in [-0.25, -0.2) is 4.79 Å². The lowest BCUT2D eigenvalue weighted by atomic mass is 10.2. The fraction of sp³-hybridized carbons (Fsp3) is 0.400. The Morgan fingerprint density at radius 1 is 1.50 bits per heavy atom.